The molecule has 5 heteroatoms. The number of nitro groups is 1. The van der Waals surface area contributed by atoms with E-state index in [0.29, 0.717) is 0 Å². The molecular weight excluding hydrogens is 194 g/mol. The van der Waals surface area contributed by atoms with E-state index in [1.807, 2.05) is 19.1 Å². The molecule has 0 aliphatic carbocycles. The molecule has 0 aromatic carbocycles. The number of nitrogens with zero attached hydrogens (tertiary/aromatic N) is 2. The number of aromatic amines is 1. The highest BCUT2D eigenvalue weighted by Crippen LogP contribution is 2.21. The van der Waals surface area contributed by atoms with Gasteiger partial charge >= 0.3 is 0 Å². The third-order valence-corrected chi connectivity index (χ3v) is 2.08. The molecule has 0 aliphatic heterocycles. The van der Waals surface area contributed by atoms with Gasteiger partial charge in [0.25, 0.3) is 5.69 Å². The first-order chi connectivity index (χ1) is 7.16. The van der Waals surface area contributed by atoms with E-state index in [-0.39, 0.29) is 5.69 Å². The summed E-state index contributed by atoms with van der Waals surface area (Å²) in [5.41, 5.74) is 2.57. The third kappa shape index (κ3) is 1.85. The molecule has 2 aromatic rings. The van der Waals surface area contributed by atoms with Crippen LogP contribution in [0.5, 0.6) is 0 Å². The fourth-order valence-electron chi connectivity index (χ4n) is 1.35. The minimum absolute atomic E-state index is 0.000229. The molecule has 15 heavy (non-hydrogen) atoms. The van der Waals surface area contributed by atoms with E-state index in [1.165, 1.54) is 12.3 Å². The van der Waals surface area contributed by atoms with Crippen molar-refractivity contribution in [2.75, 3.05) is 0 Å². The number of aromatic nitrogens is 2. The van der Waals surface area contributed by atoms with Gasteiger partial charge in [-0.3, -0.25) is 15.1 Å². The van der Waals surface area contributed by atoms with E-state index in [2.05, 4.69) is 9.97 Å². The van der Waals surface area contributed by atoms with Gasteiger partial charge in [-0.15, -0.1) is 0 Å². The summed E-state index contributed by atoms with van der Waals surface area (Å²) in [4.78, 5) is 17.0. The van der Waals surface area contributed by atoms with Crippen molar-refractivity contribution in [1.82, 2.24) is 9.97 Å². The maximum atomic E-state index is 10.5. The average molecular weight is 203 g/mol. The van der Waals surface area contributed by atoms with E-state index in [4.69, 9.17) is 0 Å². The Balaban J connectivity index is 2.45. The highest BCUT2D eigenvalue weighted by molar-refractivity contribution is 5.61. The molecule has 0 spiro atoms. The standard InChI is InChI=1S/C10H9N3O2/c1-7-2-3-10(12-7)8-4-9(13(14)15)6-11-5-8/h2-6,12H,1H3. The van der Waals surface area contributed by atoms with Gasteiger partial charge in [-0.05, 0) is 19.1 Å². The zero-order valence-electron chi connectivity index (χ0n) is 8.10. The number of hydrogen-bond acceptors (Lipinski definition) is 3. The quantitative estimate of drug-likeness (QED) is 0.601. The first kappa shape index (κ1) is 9.39. The van der Waals surface area contributed by atoms with E-state index in [1.54, 1.807) is 6.20 Å². The molecular formula is C10H9N3O2. The van der Waals surface area contributed by atoms with Gasteiger partial charge in [-0.25, -0.2) is 0 Å². The SMILES string of the molecule is Cc1ccc(-c2cncc([N+](=O)[O-])c2)[nH]1. The molecule has 2 heterocycles. The molecule has 0 saturated heterocycles. The van der Waals surface area contributed by atoms with Gasteiger partial charge in [0.05, 0.1) is 4.92 Å². The van der Waals surface area contributed by atoms with Crippen molar-refractivity contribution in [2.45, 2.75) is 6.92 Å². The molecule has 0 unspecified atom stereocenters. The molecule has 0 aliphatic rings. The van der Waals surface area contributed by atoms with E-state index < -0.39 is 4.92 Å². The van der Waals surface area contributed by atoms with Gasteiger partial charge in [-0.2, -0.15) is 0 Å². The van der Waals surface area contributed by atoms with Crippen LogP contribution in [0.4, 0.5) is 5.69 Å². The molecule has 2 rings (SSSR count). The second-order valence-corrected chi connectivity index (χ2v) is 3.24. The molecule has 0 saturated carbocycles. The molecule has 0 fully saturated rings. The average Bonchev–Trinajstić information content (AvgIpc) is 2.65. The van der Waals surface area contributed by atoms with Crippen molar-refractivity contribution in [1.29, 1.82) is 0 Å². The molecule has 2 aromatic heterocycles. The van der Waals surface area contributed by atoms with Crippen molar-refractivity contribution >= 4 is 5.69 Å². The van der Waals surface area contributed by atoms with E-state index in [9.17, 15) is 10.1 Å². The monoisotopic (exact) mass is 203 g/mol. The summed E-state index contributed by atoms with van der Waals surface area (Å²) in [6, 6.07) is 5.28. The number of H-pyrrole nitrogens is 1. The second-order valence-electron chi connectivity index (χ2n) is 3.24. The van der Waals surface area contributed by atoms with Gasteiger partial charge < -0.3 is 4.98 Å². The van der Waals surface area contributed by atoms with E-state index in [0.717, 1.165) is 17.0 Å². The summed E-state index contributed by atoms with van der Waals surface area (Å²) in [6.07, 6.45) is 2.83. The van der Waals surface area contributed by atoms with Crippen molar-refractivity contribution in [2.24, 2.45) is 0 Å². The Morgan fingerprint density at radius 1 is 1.40 bits per heavy atom. The van der Waals surface area contributed by atoms with Crippen molar-refractivity contribution < 1.29 is 4.92 Å². The predicted octanol–water partition coefficient (Wildman–Crippen LogP) is 2.29. The van der Waals surface area contributed by atoms with Gasteiger partial charge in [0.2, 0.25) is 0 Å². The number of nitrogens with one attached hydrogen (secondary N) is 1. The van der Waals surface area contributed by atoms with Crippen LogP contribution in [0.2, 0.25) is 0 Å². The minimum atomic E-state index is -0.452. The van der Waals surface area contributed by atoms with Gasteiger partial charge in [0.15, 0.2) is 0 Å². The summed E-state index contributed by atoms with van der Waals surface area (Å²) < 4.78 is 0. The summed E-state index contributed by atoms with van der Waals surface area (Å²) in [5, 5.41) is 10.5. The molecule has 0 amide bonds. The largest absolute Gasteiger partial charge is 0.359 e. The highest BCUT2D eigenvalue weighted by Gasteiger charge is 2.08. The molecule has 1 N–H and O–H groups in total. The van der Waals surface area contributed by atoms with Crippen LogP contribution in [0.1, 0.15) is 5.69 Å². The Hall–Kier alpha value is -2.17. The first-order valence-corrected chi connectivity index (χ1v) is 4.42. The summed E-state index contributed by atoms with van der Waals surface area (Å²) in [6.45, 7) is 1.92. The van der Waals surface area contributed by atoms with Gasteiger partial charge in [0.1, 0.15) is 6.20 Å². The second kappa shape index (κ2) is 3.53. The zero-order valence-corrected chi connectivity index (χ0v) is 8.10. The summed E-state index contributed by atoms with van der Waals surface area (Å²) in [5.74, 6) is 0. The number of pyridine rings is 1. The Kier molecular flexibility index (Phi) is 2.21. The summed E-state index contributed by atoms with van der Waals surface area (Å²) >= 11 is 0. The number of rotatable bonds is 2. The Morgan fingerprint density at radius 3 is 2.80 bits per heavy atom. The van der Waals surface area contributed by atoms with Crippen LogP contribution in [0, 0.1) is 17.0 Å². The molecule has 0 radical (unpaired) electrons. The van der Waals surface area contributed by atoms with E-state index >= 15 is 0 Å². The smallest absolute Gasteiger partial charge is 0.288 e. The van der Waals surface area contributed by atoms with Crippen LogP contribution in [0.25, 0.3) is 11.3 Å². The van der Waals surface area contributed by atoms with Crippen LogP contribution in [0.15, 0.2) is 30.6 Å². The van der Waals surface area contributed by atoms with Crippen molar-refractivity contribution in [3.05, 3.63) is 46.4 Å². The topological polar surface area (TPSA) is 71.8 Å². The van der Waals surface area contributed by atoms with Crippen molar-refractivity contribution in [3.63, 3.8) is 0 Å². The fourth-order valence-corrected chi connectivity index (χ4v) is 1.35. The fraction of sp³-hybridized carbons (Fsp3) is 0.100. The number of aryl methyl sites for hydroxylation is 1. The van der Waals surface area contributed by atoms with Crippen molar-refractivity contribution in [3.8, 4) is 11.3 Å². The van der Waals surface area contributed by atoms with Gasteiger partial charge in [-0.1, -0.05) is 0 Å². The lowest BCUT2D eigenvalue weighted by atomic mass is 10.2. The molecule has 0 atom stereocenters. The Labute approximate surface area is 85.9 Å². The predicted molar refractivity (Wildman–Crippen MR) is 55.4 cm³/mol. The van der Waals surface area contributed by atoms with Crippen LogP contribution in [-0.4, -0.2) is 14.9 Å². The minimum Gasteiger partial charge on any atom is -0.359 e. The van der Waals surface area contributed by atoms with Gasteiger partial charge in [0, 0.05) is 29.2 Å². The molecule has 5 nitrogen and oxygen atoms in total. The van der Waals surface area contributed by atoms with Crippen LogP contribution in [0.3, 0.4) is 0 Å². The number of hydrogen-bond donors (Lipinski definition) is 1. The highest BCUT2D eigenvalue weighted by atomic mass is 16.6. The lowest BCUT2D eigenvalue weighted by Crippen LogP contribution is -1.90. The molecule has 76 valence electrons. The maximum Gasteiger partial charge on any atom is 0.288 e. The molecule has 0 bridgehead atoms. The maximum absolute atomic E-state index is 10.5. The Morgan fingerprint density at radius 2 is 2.20 bits per heavy atom. The zero-order chi connectivity index (χ0) is 10.8. The Bertz CT molecular complexity index is 505. The van der Waals surface area contributed by atoms with Crippen LogP contribution in [-0.2, 0) is 0 Å². The lowest BCUT2D eigenvalue weighted by Gasteiger charge is -1.97. The normalized spacial score (nSPS) is 10.2. The van der Waals surface area contributed by atoms with Crippen LogP contribution < -0.4 is 0 Å². The van der Waals surface area contributed by atoms with Crippen LogP contribution >= 0.6 is 0 Å². The first-order valence-electron chi connectivity index (χ1n) is 4.42. The lowest BCUT2D eigenvalue weighted by molar-refractivity contribution is -0.385. The third-order valence-electron chi connectivity index (χ3n) is 2.08. The summed E-state index contributed by atoms with van der Waals surface area (Å²) in [7, 11) is 0.